The fraction of sp³-hybridized carbons (Fsp3) is 0.0435. The number of anilines is 1. The minimum Gasteiger partial charge on any atom is -0.482 e. The number of halogens is 2. The van der Waals surface area contributed by atoms with Gasteiger partial charge in [0.1, 0.15) is 12.2 Å². The Balaban J connectivity index is 1.72. The molecule has 0 aliphatic carbocycles. The molecule has 8 nitrogen and oxygen atoms in total. The first-order chi connectivity index (χ1) is 15.8. The van der Waals surface area contributed by atoms with Gasteiger partial charge in [0.25, 0.3) is 11.8 Å². The Labute approximate surface area is 201 Å². The molecule has 0 radical (unpaired) electrons. The summed E-state index contributed by atoms with van der Waals surface area (Å²) in [5, 5.41) is 13.4. The molecule has 0 bridgehead atoms. The summed E-state index contributed by atoms with van der Waals surface area (Å²) >= 11 is 9.15. The van der Waals surface area contributed by atoms with E-state index in [1.807, 2.05) is 0 Å². The van der Waals surface area contributed by atoms with Gasteiger partial charge >= 0.3 is 5.69 Å². The van der Waals surface area contributed by atoms with Crippen LogP contribution in [0.25, 0.3) is 6.08 Å². The quantitative estimate of drug-likeness (QED) is 0.209. The zero-order valence-electron chi connectivity index (χ0n) is 16.8. The average Bonchev–Trinajstić information content (AvgIpc) is 3.08. The zero-order valence-corrected chi connectivity index (χ0v) is 19.2. The molecule has 1 fully saturated rings. The monoisotopic (exact) mass is 527 g/mol. The predicted molar refractivity (Wildman–Crippen MR) is 127 cm³/mol. The van der Waals surface area contributed by atoms with Gasteiger partial charge in [-0.05, 0) is 42.0 Å². The number of carbonyl (C=O) groups excluding carboxylic acids is 2. The van der Waals surface area contributed by atoms with E-state index in [9.17, 15) is 19.7 Å². The Morgan fingerprint density at radius 2 is 1.79 bits per heavy atom. The first-order valence-corrected chi connectivity index (χ1v) is 10.8. The third kappa shape index (κ3) is 4.89. The van der Waals surface area contributed by atoms with Gasteiger partial charge in [0, 0.05) is 21.1 Å². The molecule has 1 saturated heterocycles. The Kier molecular flexibility index (Phi) is 6.43. The molecule has 1 aliphatic heterocycles. The minimum atomic E-state index is -0.630. The Morgan fingerprint density at radius 1 is 1.09 bits per heavy atom. The summed E-state index contributed by atoms with van der Waals surface area (Å²) in [4.78, 5) is 36.6. The molecule has 3 aromatic rings. The minimum absolute atomic E-state index is 0.0199. The predicted octanol–water partition coefficient (Wildman–Crippen LogP) is 5.05. The van der Waals surface area contributed by atoms with Gasteiger partial charge in [0.2, 0.25) is 5.75 Å². The number of hydrogen-bond donors (Lipinski definition) is 1. The molecule has 3 aromatic carbocycles. The molecule has 1 aliphatic rings. The van der Waals surface area contributed by atoms with Crippen molar-refractivity contribution in [2.24, 2.45) is 0 Å². The van der Waals surface area contributed by atoms with Crippen LogP contribution in [0.4, 0.5) is 11.4 Å². The molecule has 33 heavy (non-hydrogen) atoms. The maximum absolute atomic E-state index is 12.9. The molecule has 10 heteroatoms. The van der Waals surface area contributed by atoms with Crippen LogP contribution in [-0.4, -0.2) is 16.7 Å². The molecule has 4 rings (SSSR count). The number of hydrazine groups is 1. The summed E-state index contributed by atoms with van der Waals surface area (Å²) in [6, 6.07) is 18.3. The van der Waals surface area contributed by atoms with Crippen molar-refractivity contribution in [1.29, 1.82) is 0 Å². The summed E-state index contributed by atoms with van der Waals surface area (Å²) in [5.74, 6) is -1.28. The third-order valence-corrected chi connectivity index (χ3v) is 5.47. The van der Waals surface area contributed by atoms with E-state index < -0.39 is 16.7 Å². The first-order valence-electron chi connectivity index (χ1n) is 9.61. The van der Waals surface area contributed by atoms with Crippen LogP contribution < -0.4 is 15.2 Å². The molecule has 1 heterocycles. The molecule has 166 valence electrons. The second kappa shape index (κ2) is 9.43. The first kappa shape index (κ1) is 22.5. The fourth-order valence-electron chi connectivity index (χ4n) is 3.21. The maximum Gasteiger partial charge on any atom is 0.312 e. The average molecular weight is 529 g/mol. The lowest BCUT2D eigenvalue weighted by molar-refractivity contribution is -0.386. The van der Waals surface area contributed by atoms with E-state index in [1.165, 1.54) is 12.1 Å². The van der Waals surface area contributed by atoms with Gasteiger partial charge in [-0.25, -0.2) is 5.01 Å². The van der Waals surface area contributed by atoms with Crippen LogP contribution in [0, 0.1) is 10.1 Å². The van der Waals surface area contributed by atoms with E-state index in [4.69, 9.17) is 16.3 Å². The number of benzene rings is 3. The maximum atomic E-state index is 12.9. The van der Waals surface area contributed by atoms with Gasteiger partial charge in [-0.1, -0.05) is 57.9 Å². The fourth-order valence-corrected chi connectivity index (χ4v) is 3.80. The summed E-state index contributed by atoms with van der Waals surface area (Å²) < 4.78 is 6.19. The van der Waals surface area contributed by atoms with Crippen molar-refractivity contribution in [3.05, 3.63) is 103 Å². The molecule has 0 atom stereocenters. The van der Waals surface area contributed by atoms with E-state index in [2.05, 4.69) is 21.4 Å². The van der Waals surface area contributed by atoms with Crippen molar-refractivity contribution in [3.8, 4) is 5.75 Å². The molecular formula is C23H15BrClN3O5. The molecule has 0 saturated carbocycles. The van der Waals surface area contributed by atoms with Gasteiger partial charge < -0.3 is 4.74 Å². The van der Waals surface area contributed by atoms with Crippen molar-refractivity contribution in [2.45, 2.75) is 6.61 Å². The van der Waals surface area contributed by atoms with Crippen LogP contribution in [-0.2, 0) is 16.2 Å². The Hall–Kier alpha value is -3.69. The summed E-state index contributed by atoms with van der Waals surface area (Å²) in [6.07, 6.45) is 1.29. The van der Waals surface area contributed by atoms with Gasteiger partial charge in [-0.3, -0.25) is 25.1 Å². The standard InChI is InChI=1S/C23H15BrClN3O5/c24-16-10-15(11-19-22(29)26-27(23(19)30)18-4-2-1-3-5-18)21(20(12-16)28(31)32)33-13-14-6-8-17(25)9-7-14/h1-12H,13H2,(H,26,29)/b19-11-. The number of amides is 2. The Bertz CT molecular complexity index is 1280. The lowest BCUT2D eigenvalue weighted by Crippen LogP contribution is -2.35. The van der Waals surface area contributed by atoms with E-state index in [1.54, 1.807) is 60.7 Å². The highest BCUT2D eigenvalue weighted by atomic mass is 79.9. The topological polar surface area (TPSA) is 102 Å². The number of nitrogens with one attached hydrogen (secondary N) is 1. The van der Waals surface area contributed by atoms with Gasteiger partial charge in [-0.15, -0.1) is 0 Å². The van der Waals surface area contributed by atoms with E-state index in [0.29, 0.717) is 15.2 Å². The molecular weight excluding hydrogens is 514 g/mol. The van der Waals surface area contributed by atoms with Crippen molar-refractivity contribution < 1.29 is 19.2 Å². The number of nitro benzene ring substituents is 1. The highest BCUT2D eigenvalue weighted by molar-refractivity contribution is 9.10. The van der Waals surface area contributed by atoms with Gasteiger partial charge in [-0.2, -0.15) is 0 Å². The van der Waals surface area contributed by atoms with E-state index >= 15 is 0 Å². The molecule has 0 spiro atoms. The van der Waals surface area contributed by atoms with E-state index in [0.717, 1.165) is 10.6 Å². The number of ether oxygens (including phenoxy) is 1. The summed E-state index contributed by atoms with van der Waals surface area (Å²) in [6.45, 7) is 0.0199. The lowest BCUT2D eigenvalue weighted by Gasteiger charge is -2.14. The van der Waals surface area contributed by atoms with Crippen LogP contribution in [0.2, 0.25) is 5.02 Å². The van der Waals surface area contributed by atoms with Gasteiger partial charge in [0.05, 0.1) is 10.6 Å². The number of rotatable bonds is 6. The molecule has 0 aromatic heterocycles. The van der Waals surface area contributed by atoms with Crippen molar-refractivity contribution in [3.63, 3.8) is 0 Å². The van der Waals surface area contributed by atoms with Gasteiger partial charge in [0.15, 0.2) is 0 Å². The largest absolute Gasteiger partial charge is 0.482 e. The van der Waals surface area contributed by atoms with Crippen LogP contribution in [0.1, 0.15) is 11.1 Å². The second-order valence-corrected chi connectivity index (χ2v) is 8.34. The summed E-state index contributed by atoms with van der Waals surface area (Å²) in [5.41, 5.74) is 3.44. The number of para-hydroxylation sites is 1. The summed E-state index contributed by atoms with van der Waals surface area (Å²) in [7, 11) is 0. The third-order valence-electron chi connectivity index (χ3n) is 4.76. The van der Waals surface area contributed by atoms with Crippen LogP contribution >= 0.6 is 27.5 Å². The van der Waals surface area contributed by atoms with Crippen molar-refractivity contribution in [1.82, 2.24) is 5.43 Å². The van der Waals surface area contributed by atoms with Crippen LogP contribution in [0.15, 0.2) is 76.8 Å². The van der Waals surface area contributed by atoms with E-state index in [-0.39, 0.29) is 29.2 Å². The number of carbonyl (C=O) groups is 2. The smallest absolute Gasteiger partial charge is 0.312 e. The molecule has 1 N–H and O–H groups in total. The SMILES string of the molecule is O=C1NN(c2ccccc2)C(=O)/C1=C\c1cc(Br)cc([N+](=O)[O-])c1OCc1ccc(Cl)cc1. The number of nitro groups is 1. The van der Waals surface area contributed by atoms with Crippen LogP contribution in [0.5, 0.6) is 5.75 Å². The van der Waals surface area contributed by atoms with Crippen LogP contribution in [0.3, 0.4) is 0 Å². The molecule has 0 unspecified atom stereocenters. The van der Waals surface area contributed by atoms with Crippen molar-refractivity contribution >= 4 is 56.8 Å². The Morgan fingerprint density at radius 3 is 2.45 bits per heavy atom. The lowest BCUT2D eigenvalue weighted by atomic mass is 10.1. The number of hydrogen-bond acceptors (Lipinski definition) is 5. The highest BCUT2D eigenvalue weighted by Gasteiger charge is 2.35. The normalized spacial score (nSPS) is 14.5. The second-order valence-electron chi connectivity index (χ2n) is 6.99. The zero-order chi connectivity index (χ0) is 23.5. The highest BCUT2D eigenvalue weighted by Crippen LogP contribution is 2.37. The molecule has 2 amide bonds. The number of nitrogens with zero attached hydrogens (tertiary/aromatic N) is 2. The van der Waals surface area contributed by atoms with Crippen molar-refractivity contribution in [2.75, 3.05) is 5.01 Å².